The monoisotopic (exact) mass is 329 g/mol. The number of piperidine rings is 1. The molecular weight excluding hydrogens is 306 g/mol. The summed E-state index contributed by atoms with van der Waals surface area (Å²) in [6.45, 7) is 4.11. The molecule has 1 amide bonds. The van der Waals surface area contributed by atoms with E-state index in [0.717, 1.165) is 43.9 Å². The topological polar surface area (TPSA) is 97.3 Å². The Kier molecular flexibility index (Phi) is 5.10. The van der Waals surface area contributed by atoms with Crippen LogP contribution in [0.15, 0.2) is 29.1 Å². The molecule has 1 aliphatic heterocycles. The second-order valence-electron chi connectivity index (χ2n) is 5.96. The Morgan fingerprint density at radius 1 is 1.38 bits per heavy atom. The van der Waals surface area contributed by atoms with Gasteiger partial charge in [-0.3, -0.25) is 4.79 Å². The number of nitrogens with two attached hydrogens (primary N) is 1. The third-order valence-corrected chi connectivity index (χ3v) is 4.34. The molecule has 2 aromatic heterocycles. The van der Waals surface area contributed by atoms with Crippen LogP contribution >= 0.6 is 0 Å². The standard InChI is InChI=1S/C17H23N5O2/c1-2-13-8-16(20-11-19-13)22-5-3-14(4-6-22)21-17(23)12-7-15(9-18)24-10-12/h7-8,10-11,14H,2-6,9,18H2,1H3,(H,21,23). The van der Waals surface area contributed by atoms with Crippen LogP contribution in [0.2, 0.25) is 0 Å². The first-order valence-electron chi connectivity index (χ1n) is 8.33. The number of anilines is 1. The van der Waals surface area contributed by atoms with Gasteiger partial charge in [-0.25, -0.2) is 9.97 Å². The van der Waals surface area contributed by atoms with Crippen LogP contribution in [-0.4, -0.2) is 35.0 Å². The van der Waals surface area contributed by atoms with Crippen LogP contribution in [-0.2, 0) is 13.0 Å². The number of rotatable bonds is 5. The molecule has 7 nitrogen and oxygen atoms in total. The normalized spacial score (nSPS) is 15.5. The molecular formula is C17H23N5O2. The van der Waals surface area contributed by atoms with E-state index in [4.69, 9.17) is 10.2 Å². The molecule has 2 aromatic rings. The predicted molar refractivity (Wildman–Crippen MR) is 90.7 cm³/mol. The van der Waals surface area contributed by atoms with E-state index in [2.05, 4.69) is 27.1 Å². The second-order valence-corrected chi connectivity index (χ2v) is 5.96. The van der Waals surface area contributed by atoms with Crippen molar-refractivity contribution in [3.8, 4) is 0 Å². The Morgan fingerprint density at radius 2 is 2.17 bits per heavy atom. The zero-order valence-corrected chi connectivity index (χ0v) is 13.9. The van der Waals surface area contributed by atoms with E-state index in [1.54, 1.807) is 12.4 Å². The van der Waals surface area contributed by atoms with Gasteiger partial charge < -0.3 is 20.4 Å². The average Bonchev–Trinajstić information content (AvgIpc) is 3.12. The second kappa shape index (κ2) is 7.44. The number of aryl methyl sites for hydroxylation is 1. The zero-order valence-electron chi connectivity index (χ0n) is 13.9. The Hall–Kier alpha value is -2.41. The first-order valence-corrected chi connectivity index (χ1v) is 8.33. The number of amides is 1. The van der Waals surface area contributed by atoms with Gasteiger partial charge in [0.15, 0.2) is 0 Å². The average molecular weight is 329 g/mol. The maximum atomic E-state index is 12.2. The summed E-state index contributed by atoms with van der Waals surface area (Å²) in [5.74, 6) is 1.48. The van der Waals surface area contributed by atoms with Crippen molar-refractivity contribution in [3.05, 3.63) is 41.7 Å². The number of hydrogen-bond donors (Lipinski definition) is 2. The Bertz CT molecular complexity index is 692. The fourth-order valence-electron chi connectivity index (χ4n) is 2.88. The molecule has 0 saturated carbocycles. The van der Waals surface area contributed by atoms with Gasteiger partial charge in [-0.1, -0.05) is 6.92 Å². The van der Waals surface area contributed by atoms with E-state index in [9.17, 15) is 4.79 Å². The van der Waals surface area contributed by atoms with Gasteiger partial charge in [0.05, 0.1) is 12.1 Å². The number of nitrogens with zero attached hydrogens (tertiary/aromatic N) is 3. The van der Waals surface area contributed by atoms with E-state index >= 15 is 0 Å². The Labute approximate surface area is 141 Å². The van der Waals surface area contributed by atoms with E-state index in [1.807, 2.05) is 6.07 Å². The number of hydrogen-bond acceptors (Lipinski definition) is 6. The van der Waals surface area contributed by atoms with E-state index in [1.165, 1.54) is 6.26 Å². The highest BCUT2D eigenvalue weighted by atomic mass is 16.3. The number of furan rings is 1. The van der Waals surface area contributed by atoms with Gasteiger partial charge in [-0.15, -0.1) is 0 Å². The lowest BCUT2D eigenvalue weighted by molar-refractivity contribution is 0.0930. The van der Waals surface area contributed by atoms with E-state index in [-0.39, 0.29) is 11.9 Å². The lowest BCUT2D eigenvalue weighted by Gasteiger charge is -2.33. The number of carbonyl (C=O) groups excluding carboxylic acids is 1. The number of nitrogens with one attached hydrogen (secondary N) is 1. The Balaban J connectivity index is 1.54. The molecule has 0 radical (unpaired) electrons. The Morgan fingerprint density at radius 3 is 2.83 bits per heavy atom. The molecule has 0 aliphatic carbocycles. The van der Waals surface area contributed by atoms with Crippen LogP contribution in [0.3, 0.4) is 0 Å². The number of carbonyl (C=O) groups is 1. The van der Waals surface area contributed by atoms with Crippen molar-refractivity contribution in [2.45, 2.75) is 38.8 Å². The fourth-order valence-corrected chi connectivity index (χ4v) is 2.88. The predicted octanol–water partition coefficient (Wildman–Crippen LogP) is 1.49. The van der Waals surface area contributed by atoms with Crippen molar-refractivity contribution < 1.29 is 9.21 Å². The summed E-state index contributed by atoms with van der Waals surface area (Å²) in [5.41, 5.74) is 7.07. The summed E-state index contributed by atoms with van der Waals surface area (Å²) in [7, 11) is 0. The molecule has 0 bridgehead atoms. The maximum absolute atomic E-state index is 12.2. The van der Waals surface area contributed by atoms with Crippen molar-refractivity contribution >= 4 is 11.7 Å². The highest BCUT2D eigenvalue weighted by Gasteiger charge is 2.22. The molecule has 128 valence electrons. The zero-order chi connectivity index (χ0) is 16.9. The molecule has 0 aromatic carbocycles. The van der Waals surface area contributed by atoms with Crippen LogP contribution in [0.25, 0.3) is 0 Å². The summed E-state index contributed by atoms with van der Waals surface area (Å²) in [6, 6.07) is 3.90. The van der Waals surface area contributed by atoms with Crippen molar-refractivity contribution in [1.82, 2.24) is 15.3 Å². The van der Waals surface area contributed by atoms with Gasteiger partial charge in [-0.05, 0) is 25.3 Å². The highest BCUT2D eigenvalue weighted by Crippen LogP contribution is 2.19. The molecule has 24 heavy (non-hydrogen) atoms. The molecule has 1 saturated heterocycles. The quantitative estimate of drug-likeness (QED) is 0.862. The molecule has 0 atom stereocenters. The third kappa shape index (κ3) is 3.73. The van der Waals surface area contributed by atoms with Crippen LogP contribution in [0, 0.1) is 0 Å². The SMILES string of the molecule is CCc1cc(N2CCC(NC(=O)c3coc(CN)c3)CC2)ncn1. The van der Waals surface area contributed by atoms with Gasteiger partial charge in [-0.2, -0.15) is 0 Å². The first kappa shape index (κ1) is 16.4. The largest absolute Gasteiger partial charge is 0.467 e. The maximum Gasteiger partial charge on any atom is 0.254 e. The summed E-state index contributed by atoms with van der Waals surface area (Å²) in [6.07, 6.45) is 5.75. The van der Waals surface area contributed by atoms with E-state index < -0.39 is 0 Å². The molecule has 0 spiro atoms. The smallest absolute Gasteiger partial charge is 0.254 e. The first-order chi connectivity index (χ1) is 11.7. The molecule has 0 unspecified atom stereocenters. The van der Waals surface area contributed by atoms with Gasteiger partial charge >= 0.3 is 0 Å². The van der Waals surface area contributed by atoms with Gasteiger partial charge in [0.1, 0.15) is 24.2 Å². The van der Waals surface area contributed by atoms with Crippen molar-refractivity contribution in [1.29, 1.82) is 0 Å². The summed E-state index contributed by atoms with van der Waals surface area (Å²) in [5, 5.41) is 3.07. The molecule has 7 heteroatoms. The highest BCUT2D eigenvalue weighted by molar-refractivity contribution is 5.94. The van der Waals surface area contributed by atoms with Crippen molar-refractivity contribution in [2.75, 3.05) is 18.0 Å². The minimum atomic E-state index is -0.104. The van der Waals surface area contributed by atoms with Crippen LogP contribution in [0.1, 0.15) is 41.6 Å². The molecule has 3 heterocycles. The lowest BCUT2D eigenvalue weighted by Crippen LogP contribution is -2.44. The van der Waals surface area contributed by atoms with Crippen molar-refractivity contribution in [2.24, 2.45) is 5.73 Å². The van der Waals surface area contributed by atoms with Gasteiger partial charge in [0.25, 0.3) is 5.91 Å². The molecule has 1 fully saturated rings. The fraction of sp³-hybridized carbons (Fsp3) is 0.471. The van der Waals surface area contributed by atoms with Gasteiger partial charge in [0, 0.05) is 30.9 Å². The molecule has 3 rings (SSSR count). The summed E-state index contributed by atoms with van der Waals surface area (Å²) in [4.78, 5) is 23.1. The van der Waals surface area contributed by atoms with E-state index in [0.29, 0.717) is 17.9 Å². The number of aromatic nitrogens is 2. The third-order valence-electron chi connectivity index (χ3n) is 4.34. The van der Waals surface area contributed by atoms with Crippen LogP contribution in [0.4, 0.5) is 5.82 Å². The van der Waals surface area contributed by atoms with Crippen LogP contribution < -0.4 is 16.0 Å². The van der Waals surface area contributed by atoms with Gasteiger partial charge in [0.2, 0.25) is 0 Å². The molecule has 1 aliphatic rings. The minimum absolute atomic E-state index is 0.104. The summed E-state index contributed by atoms with van der Waals surface area (Å²) < 4.78 is 5.21. The lowest BCUT2D eigenvalue weighted by atomic mass is 10.0. The van der Waals surface area contributed by atoms with Crippen molar-refractivity contribution in [3.63, 3.8) is 0 Å². The van der Waals surface area contributed by atoms with Crippen LogP contribution in [0.5, 0.6) is 0 Å². The summed E-state index contributed by atoms with van der Waals surface area (Å²) >= 11 is 0. The minimum Gasteiger partial charge on any atom is -0.467 e. The molecule has 3 N–H and O–H groups in total.